The number of piperidine rings is 1. The lowest BCUT2D eigenvalue weighted by Crippen LogP contribution is -2.39. The number of aromatic nitrogens is 1. The molecule has 0 atom stereocenters. The maximum absolute atomic E-state index is 9.61. The largest absolute Gasteiger partial charge is 0.497 e. The van der Waals surface area contributed by atoms with Crippen LogP contribution in [0.25, 0.3) is 10.9 Å². The molecule has 108 valence electrons. The van der Waals surface area contributed by atoms with E-state index in [0.29, 0.717) is 5.56 Å². The van der Waals surface area contributed by atoms with Crippen molar-refractivity contribution < 1.29 is 14.8 Å². The standard InChI is InChI=1S/C16H17N3O2/c1-21-14-2-3-15-11(9-14)8-12(10-17)16(18-15)19-6-4-13(20)5-7-19/h2-3,8-9,13,20H,4-7H2,1H3/p+1. The minimum Gasteiger partial charge on any atom is -0.497 e. The molecule has 5 heteroatoms. The molecule has 0 bridgehead atoms. The predicted molar refractivity (Wildman–Crippen MR) is 79.2 cm³/mol. The Labute approximate surface area is 123 Å². The Morgan fingerprint density at radius 2 is 2.10 bits per heavy atom. The van der Waals surface area contributed by atoms with Crippen LogP contribution in [0.4, 0.5) is 5.82 Å². The summed E-state index contributed by atoms with van der Waals surface area (Å²) in [6.45, 7) is 1.52. The van der Waals surface area contributed by atoms with Gasteiger partial charge in [0.05, 0.1) is 26.3 Å². The lowest BCUT2D eigenvalue weighted by molar-refractivity contribution is -0.331. The zero-order valence-corrected chi connectivity index (χ0v) is 12.0. The summed E-state index contributed by atoms with van der Waals surface area (Å²) in [6, 6.07) is 9.91. The number of rotatable bonds is 2. The third-order valence-electron chi connectivity index (χ3n) is 3.97. The highest BCUT2D eigenvalue weighted by Gasteiger charge is 2.27. The molecule has 1 aromatic heterocycles. The average Bonchev–Trinajstić information content (AvgIpc) is 2.53. The minimum atomic E-state index is -0.225. The second kappa shape index (κ2) is 5.58. The van der Waals surface area contributed by atoms with E-state index in [1.54, 1.807) is 7.11 Å². The van der Waals surface area contributed by atoms with Gasteiger partial charge in [-0.05, 0) is 24.3 Å². The number of nitrogens with zero attached hydrogens (tertiary/aromatic N) is 2. The Balaban J connectivity index is 2.04. The number of methoxy groups -OCH3 is 1. The van der Waals surface area contributed by atoms with Crippen LogP contribution in [0.3, 0.4) is 0 Å². The fourth-order valence-corrected chi connectivity index (χ4v) is 2.74. The summed E-state index contributed by atoms with van der Waals surface area (Å²) >= 11 is 0. The van der Waals surface area contributed by atoms with Crippen molar-refractivity contribution in [1.82, 2.24) is 0 Å². The van der Waals surface area contributed by atoms with Gasteiger partial charge in [0, 0.05) is 18.2 Å². The van der Waals surface area contributed by atoms with Gasteiger partial charge in [0.2, 0.25) is 0 Å². The highest BCUT2D eigenvalue weighted by atomic mass is 16.5. The molecule has 3 rings (SSSR count). The normalized spacial score (nSPS) is 16.0. The van der Waals surface area contributed by atoms with Crippen molar-refractivity contribution in [2.24, 2.45) is 0 Å². The van der Waals surface area contributed by atoms with Gasteiger partial charge >= 0.3 is 0 Å². The summed E-state index contributed by atoms with van der Waals surface area (Å²) in [5.74, 6) is 1.61. The Bertz CT molecular complexity index is 700. The van der Waals surface area contributed by atoms with Crippen LogP contribution in [0.2, 0.25) is 0 Å². The summed E-state index contributed by atoms with van der Waals surface area (Å²) in [5.41, 5.74) is 1.59. The van der Waals surface area contributed by atoms with Crippen molar-refractivity contribution in [2.75, 3.05) is 25.1 Å². The van der Waals surface area contributed by atoms with Crippen molar-refractivity contribution in [3.05, 3.63) is 29.8 Å². The van der Waals surface area contributed by atoms with Gasteiger partial charge in [-0.3, -0.25) is 4.90 Å². The lowest BCUT2D eigenvalue weighted by atomic mass is 10.1. The number of anilines is 1. The van der Waals surface area contributed by atoms with Crippen molar-refractivity contribution in [3.63, 3.8) is 0 Å². The fourth-order valence-electron chi connectivity index (χ4n) is 2.74. The van der Waals surface area contributed by atoms with Crippen molar-refractivity contribution in [1.29, 1.82) is 5.26 Å². The molecule has 1 aliphatic rings. The van der Waals surface area contributed by atoms with Gasteiger partial charge in [-0.25, -0.2) is 4.98 Å². The molecule has 2 heterocycles. The topological polar surface area (TPSA) is 70.6 Å². The van der Waals surface area contributed by atoms with Gasteiger partial charge in [-0.1, -0.05) is 0 Å². The first-order chi connectivity index (χ1) is 10.2. The quantitative estimate of drug-likeness (QED) is 0.907. The number of hydrogen-bond donors (Lipinski definition) is 1. The first-order valence-corrected chi connectivity index (χ1v) is 7.08. The molecule has 21 heavy (non-hydrogen) atoms. The van der Waals surface area contributed by atoms with E-state index >= 15 is 0 Å². The van der Waals surface area contributed by atoms with Crippen LogP contribution < -0.4 is 14.6 Å². The molecule has 2 aromatic rings. The summed E-state index contributed by atoms with van der Waals surface area (Å²) in [6.07, 6.45) is 1.25. The SMILES string of the molecule is COc1ccc2[nH+]c(N3CCC(O)CC3)c(C#N)cc2c1. The molecule has 1 saturated heterocycles. The van der Waals surface area contributed by atoms with E-state index < -0.39 is 0 Å². The second-order valence-corrected chi connectivity index (χ2v) is 5.31. The van der Waals surface area contributed by atoms with Crippen LogP contribution in [0.1, 0.15) is 18.4 Å². The van der Waals surface area contributed by atoms with E-state index in [9.17, 15) is 10.4 Å². The number of aromatic amines is 1. The first kappa shape index (κ1) is 13.7. The summed E-state index contributed by atoms with van der Waals surface area (Å²) in [7, 11) is 1.63. The average molecular weight is 284 g/mol. The molecule has 0 saturated carbocycles. The molecule has 0 aliphatic carbocycles. The Morgan fingerprint density at radius 1 is 1.33 bits per heavy atom. The van der Waals surface area contributed by atoms with E-state index in [1.807, 2.05) is 24.3 Å². The van der Waals surface area contributed by atoms with E-state index in [2.05, 4.69) is 16.0 Å². The maximum Gasteiger partial charge on any atom is 0.293 e. The Kier molecular flexibility index (Phi) is 3.63. The van der Waals surface area contributed by atoms with E-state index in [1.165, 1.54) is 0 Å². The van der Waals surface area contributed by atoms with Crippen LogP contribution in [0, 0.1) is 11.3 Å². The molecular weight excluding hydrogens is 266 g/mol. The smallest absolute Gasteiger partial charge is 0.293 e. The van der Waals surface area contributed by atoms with Gasteiger partial charge in [-0.15, -0.1) is 0 Å². The number of pyridine rings is 1. The lowest BCUT2D eigenvalue weighted by Gasteiger charge is -2.25. The Morgan fingerprint density at radius 3 is 2.76 bits per heavy atom. The number of ether oxygens (including phenoxy) is 1. The molecule has 0 spiro atoms. The molecule has 2 N–H and O–H groups in total. The molecule has 0 radical (unpaired) electrons. The fraction of sp³-hybridized carbons (Fsp3) is 0.375. The van der Waals surface area contributed by atoms with Crippen molar-refractivity contribution in [3.8, 4) is 11.8 Å². The molecule has 0 amide bonds. The zero-order chi connectivity index (χ0) is 14.8. The summed E-state index contributed by atoms with van der Waals surface area (Å²) in [5, 5.41) is 20.0. The number of nitrogens with one attached hydrogen (secondary N) is 1. The molecule has 1 aliphatic heterocycles. The first-order valence-electron chi connectivity index (χ1n) is 7.08. The van der Waals surface area contributed by atoms with Gasteiger partial charge < -0.3 is 9.84 Å². The number of benzene rings is 1. The van der Waals surface area contributed by atoms with Crippen LogP contribution in [0.5, 0.6) is 5.75 Å². The highest BCUT2D eigenvalue weighted by Crippen LogP contribution is 2.24. The van der Waals surface area contributed by atoms with Crippen LogP contribution in [-0.4, -0.2) is 31.4 Å². The van der Waals surface area contributed by atoms with Gasteiger partial charge in [0.15, 0.2) is 0 Å². The number of fused-ring (bicyclic) bond motifs is 1. The highest BCUT2D eigenvalue weighted by molar-refractivity contribution is 5.80. The third-order valence-corrected chi connectivity index (χ3v) is 3.97. The molecule has 0 unspecified atom stereocenters. The minimum absolute atomic E-state index is 0.225. The third kappa shape index (κ3) is 2.63. The van der Waals surface area contributed by atoms with Gasteiger partial charge in [0.25, 0.3) is 5.82 Å². The van der Waals surface area contributed by atoms with Crippen molar-refractivity contribution in [2.45, 2.75) is 18.9 Å². The molecule has 1 aromatic carbocycles. The number of aliphatic hydroxyl groups excluding tert-OH is 1. The van der Waals surface area contributed by atoms with Crippen molar-refractivity contribution >= 4 is 16.7 Å². The monoisotopic (exact) mass is 284 g/mol. The van der Waals surface area contributed by atoms with Gasteiger partial charge in [-0.2, -0.15) is 5.26 Å². The van der Waals surface area contributed by atoms with Crippen LogP contribution in [0.15, 0.2) is 24.3 Å². The molecule has 1 fully saturated rings. The van der Waals surface area contributed by atoms with E-state index in [0.717, 1.165) is 48.4 Å². The van der Waals surface area contributed by atoms with Gasteiger partial charge in [0.1, 0.15) is 22.9 Å². The number of nitriles is 1. The number of hydrogen-bond acceptors (Lipinski definition) is 4. The van der Waals surface area contributed by atoms with E-state index in [4.69, 9.17) is 4.74 Å². The second-order valence-electron chi connectivity index (χ2n) is 5.31. The maximum atomic E-state index is 9.61. The summed E-state index contributed by atoms with van der Waals surface area (Å²) < 4.78 is 5.22. The zero-order valence-electron chi connectivity index (χ0n) is 12.0. The predicted octanol–water partition coefficient (Wildman–Crippen LogP) is 1.50. The molecular formula is C16H18N3O2+. The Hall–Kier alpha value is -2.32. The number of H-pyrrole nitrogens is 1. The van der Waals surface area contributed by atoms with E-state index in [-0.39, 0.29) is 6.10 Å². The number of aliphatic hydroxyl groups is 1. The van der Waals surface area contributed by atoms with Crippen LogP contribution >= 0.6 is 0 Å². The summed E-state index contributed by atoms with van der Waals surface area (Å²) in [4.78, 5) is 5.48. The molecule has 5 nitrogen and oxygen atoms in total. The van der Waals surface area contributed by atoms with Crippen LogP contribution in [-0.2, 0) is 0 Å².